The van der Waals surface area contributed by atoms with E-state index in [-0.39, 0.29) is 5.91 Å². The lowest BCUT2D eigenvalue weighted by molar-refractivity contribution is -0.127. The molecule has 1 saturated heterocycles. The molecular formula is C21H25N3O2. The molecule has 0 radical (unpaired) electrons. The molecule has 5 heteroatoms. The van der Waals surface area contributed by atoms with Gasteiger partial charge in [0.2, 0.25) is 5.91 Å². The second kappa shape index (κ2) is 8.63. The van der Waals surface area contributed by atoms with Gasteiger partial charge in [-0.15, -0.1) is 0 Å². The van der Waals surface area contributed by atoms with Gasteiger partial charge in [-0.1, -0.05) is 17.7 Å². The van der Waals surface area contributed by atoms with Gasteiger partial charge >= 0.3 is 0 Å². The van der Waals surface area contributed by atoms with E-state index >= 15 is 0 Å². The third kappa shape index (κ3) is 4.70. The number of carbonyl (C=O) groups excluding carboxylic acids is 1. The van der Waals surface area contributed by atoms with Gasteiger partial charge in [-0.25, -0.2) is 0 Å². The van der Waals surface area contributed by atoms with Crippen LogP contribution in [-0.4, -0.2) is 54.0 Å². The summed E-state index contributed by atoms with van der Waals surface area (Å²) in [4.78, 5) is 21.1. The summed E-state index contributed by atoms with van der Waals surface area (Å²) in [5.74, 6) is 0.825. The van der Waals surface area contributed by atoms with Crippen LogP contribution in [0, 0.1) is 6.92 Å². The zero-order chi connectivity index (χ0) is 18.4. The molecular weight excluding hydrogens is 326 g/mol. The molecule has 1 aliphatic rings. The van der Waals surface area contributed by atoms with Crippen molar-refractivity contribution in [2.45, 2.75) is 13.5 Å². The van der Waals surface area contributed by atoms with Crippen molar-refractivity contribution in [2.24, 2.45) is 0 Å². The molecule has 0 aliphatic carbocycles. The van der Waals surface area contributed by atoms with E-state index < -0.39 is 0 Å². The molecule has 5 nitrogen and oxygen atoms in total. The standard InChI is InChI=1S/C21H25N3O2/c1-17-6-8-20(26-2)18(15-17)7-9-21(25)24-13-11-23(12-14-24)16-19-5-3-4-10-22-19/h3-10,15H,11-14,16H2,1-2H3/b9-7+. The summed E-state index contributed by atoms with van der Waals surface area (Å²) in [5.41, 5.74) is 3.13. The van der Waals surface area contributed by atoms with Gasteiger partial charge in [0.25, 0.3) is 0 Å². The van der Waals surface area contributed by atoms with E-state index in [4.69, 9.17) is 4.74 Å². The van der Waals surface area contributed by atoms with Crippen LogP contribution in [0.25, 0.3) is 6.08 Å². The van der Waals surface area contributed by atoms with E-state index in [1.807, 2.05) is 60.5 Å². The topological polar surface area (TPSA) is 45.7 Å². The first kappa shape index (κ1) is 18.1. The monoisotopic (exact) mass is 351 g/mol. The molecule has 2 aromatic rings. The molecule has 1 amide bonds. The van der Waals surface area contributed by atoms with Crippen LogP contribution >= 0.6 is 0 Å². The first-order chi connectivity index (χ1) is 12.7. The minimum Gasteiger partial charge on any atom is -0.496 e. The Kier molecular flexibility index (Phi) is 6.02. The number of rotatable bonds is 5. The Labute approximate surface area is 154 Å². The summed E-state index contributed by atoms with van der Waals surface area (Å²) in [6, 6.07) is 11.9. The van der Waals surface area contributed by atoms with E-state index in [2.05, 4.69) is 9.88 Å². The maximum Gasteiger partial charge on any atom is 0.246 e. The van der Waals surface area contributed by atoms with Crippen LogP contribution in [0.4, 0.5) is 0 Å². The zero-order valence-corrected chi connectivity index (χ0v) is 15.4. The van der Waals surface area contributed by atoms with Gasteiger partial charge in [0, 0.05) is 50.6 Å². The van der Waals surface area contributed by atoms with Crippen molar-refractivity contribution in [1.29, 1.82) is 0 Å². The minimum atomic E-state index is 0.0473. The van der Waals surface area contributed by atoms with Gasteiger partial charge in [-0.05, 0) is 37.3 Å². The first-order valence-corrected chi connectivity index (χ1v) is 8.89. The number of amides is 1. The number of carbonyl (C=O) groups is 1. The fourth-order valence-corrected chi connectivity index (χ4v) is 3.10. The largest absolute Gasteiger partial charge is 0.496 e. The van der Waals surface area contributed by atoms with Gasteiger partial charge in [-0.3, -0.25) is 14.7 Å². The second-order valence-corrected chi connectivity index (χ2v) is 6.50. The molecule has 0 saturated carbocycles. The third-order valence-corrected chi connectivity index (χ3v) is 4.59. The van der Waals surface area contributed by atoms with Crippen LogP contribution < -0.4 is 4.74 Å². The normalized spacial score (nSPS) is 15.4. The Morgan fingerprint density at radius 2 is 2.00 bits per heavy atom. The molecule has 0 bridgehead atoms. The van der Waals surface area contributed by atoms with Crippen LogP contribution in [0.1, 0.15) is 16.8 Å². The fraction of sp³-hybridized carbons (Fsp3) is 0.333. The van der Waals surface area contributed by atoms with Crippen molar-refractivity contribution in [3.63, 3.8) is 0 Å². The Balaban J connectivity index is 1.54. The van der Waals surface area contributed by atoms with E-state index in [0.29, 0.717) is 0 Å². The fourth-order valence-electron chi connectivity index (χ4n) is 3.10. The summed E-state index contributed by atoms with van der Waals surface area (Å²) in [5, 5.41) is 0. The van der Waals surface area contributed by atoms with Crippen LogP contribution in [0.5, 0.6) is 5.75 Å². The summed E-state index contributed by atoms with van der Waals surface area (Å²) in [6.45, 7) is 6.06. The molecule has 1 aromatic heterocycles. The van der Waals surface area contributed by atoms with Gasteiger partial charge in [0.15, 0.2) is 0 Å². The summed E-state index contributed by atoms with van der Waals surface area (Å²) in [6.07, 6.45) is 5.31. The van der Waals surface area contributed by atoms with Crippen molar-refractivity contribution >= 4 is 12.0 Å². The lowest BCUT2D eigenvalue weighted by Crippen LogP contribution is -2.47. The number of piperazine rings is 1. The number of nitrogens with zero attached hydrogens (tertiary/aromatic N) is 3. The lowest BCUT2D eigenvalue weighted by Gasteiger charge is -2.34. The predicted octanol–water partition coefficient (Wildman–Crippen LogP) is 2.76. The van der Waals surface area contributed by atoms with Crippen molar-refractivity contribution in [3.05, 3.63) is 65.5 Å². The molecule has 0 N–H and O–H groups in total. The van der Waals surface area contributed by atoms with Crippen LogP contribution in [0.2, 0.25) is 0 Å². The van der Waals surface area contributed by atoms with Crippen LogP contribution in [-0.2, 0) is 11.3 Å². The highest BCUT2D eigenvalue weighted by Gasteiger charge is 2.19. The lowest BCUT2D eigenvalue weighted by atomic mass is 10.1. The van der Waals surface area contributed by atoms with Crippen molar-refractivity contribution < 1.29 is 9.53 Å². The minimum absolute atomic E-state index is 0.0473. The number of aromatic nitrogens is 1. The number of methoxy groups -OCH3 is 1. The summed E-state index contributed by atoms with van der Waals surface area (Å²) < 4.78 is 5.36. The molecule has 1 aromatic carbocycles. The predicted molar refractivity (Wildman–Crippen MR) is 103 cm³/mol. The quantitative estimate of drug-likeness (QED) is 0.777. The molecule has 2 heterocycles. The van der Waals surface area contributed by atoms with Gasteiger partial charge in [-0.2, -0.15) is 0 Å². The smallest absolute Gasteiger partial charge is 0.246 e. The van der Waals surface area contributed by atoms with Crippen LogP contribution in [0.15, 0.2) is 48.7 Å². The number of ether oxygens (including phenoxy) is 1. The van der Waals surface area contributed by atoms with E-state index in [0.717, 1.165) is 55.3 Å². The molecule has 0 unspecified atom stereocenters. The maximum atomic E-state index is 12.5. The number of benzene rings is 1. The van der Waals surface area contributed by atoms with Crippen molar-refractivity contribution in [3.8, 4) is 5.75 Å². The average Bonchev–Trinajstić information content (AvgIpc) is 2.67. The van der Waals surface area contributed by atoms with Gasteiger partial charge in [0.05, 0.1) is 12.8 Å². The number of hydrogen-bond acceptors (Lipinski definition) is 4. The maximum absolute atomic E-state index is 12.5. The summed E-state index contributed by atoms with van der Waals surface area (Å²) >= 11 is 0. The Bertz CT molecular complexity index is 766. The number of hydrogen-bond donors (Lipinski definition) is 0. The van der Waals surface area contributed by atoms with E-state index in [1.165, 1.54) is 0 Å². The van der Waals surface area contributed by atoms with Crippen molar-refractivity contribution in [2.75, 3.05) is 33.3 Å². The zero-order valence-electron chi connectivity index (χ0n) is 15.4. The molecule has 136 valence electrons. The van der Waals surface area contributed by atoms with Gasteiger partial charge in [0.1, 0.15) is 5.75 Å². The molecule has 1 fully saturated rings. The molecule has 26 heavy (non-hydrogen) atoms. The summed E-state index contributed by atoms with van der Waals surface area (Å²) in [7, 11) is 1.64. The Hall–Kier alpha value is -2.66. The average molecular weight is 351 g/mol. The van der Waals surface area contributed by atoms with E-state index in [9.17, 15) is 4.79 Å². The molecule has 0 atom stereocenters. The second-order valence-electron chi connectivity index (χ2n) is 6.50. The first-order valence-electron chi connectivity index (χ1n) is 8.89. The third-order valence-electron chi connectivity index (χ3n) is 4.59. The SMILES string of the molecule is COc1ccc(C)cc1/C=C/C(=O)N1CCN(Cc2ccccn2)CC1. The van der Waals surface area contributed by atoms with Gasteiger partial charge < -0.3 is 9.64 Å². The van der Waals surface area contributed by atoms with Crippen molar-refractivity contribution in [1.82, 2.24) is 14.8 Å². The highest BCUT2D eigenvalue weighted by molar-refractivity contribution is 5.92. The number of aryl methyl sites for hydroxylation is 1. The Morgan fingerprint density at radius 1 is 1.19 bits per heavy atom. The molecule has 0 spiro atoms. The highest BCUT2D eigenvalue weighted by atomic mass is 16.5. The molecule has 3 rings (SSSR count). The Morgan fingerprint density at radius 3 is 2.69 bits per heavy atom. The number of pyridine rings is 1. The highest BCUT2D eigenvalue weighted by Crippen LogP contribution is 2.21. The van der Waals surface area contributed by atoms with E-state index in [1.54, 1.807) is 13.2 Å². The molecule has 1 aliphatic heterocycles. The van der Waals surface area contributed by atoms with Crippen LogP contribution in [0.3, 0.4) is 0 Å².